The first-order valence-electron chi connectivity index (χ1n) is 3.90. The van der Waals surface area contributed by atoms with Crippen molar-refractivity contribution in [2.24, 2.45) is 0 Å². The second kappa shape index (κ2) is 4.61. The van der Waals surface area contributed by atoms with Gasteiger partial charge in [-0.3, -0.25) is 0 Å². The van der Waals surface area contributed by atoms with Crippen molar-refractivity contribution in [3.63, 3.8) is 0 Å². The first kappa shape index (κ1) is 18.1. The minimum absolute atomic E-state index is 2.39. The molecule has 116 valence electrons. The molecule has 0 aromatic carbocycles. The molecule has 0 radical (unpaired) electrons. The molecule has 0 saturated heterocycles. The molecule has 2 nitrogen and oxygen atoms in total. The molecule has 0 unspecified atom stereocenters. The molecular formula is C6H3F11O2. The van der Waals surface area contributed by atoms with Crippen LogP contribution in [0.1, 0.15) is 0 Å². The topological polar surface area (TPSA) is 29.5 Å². The fourth-order valence-corrected chi connectivity index (χ4v) is 0.601. The first-order valence-corrected chi connectivity index (χ1v) is 3.90. The van der Waals surface area contributed by atoms with Crippen LogP contribution in [0.3, 0.4) is 0 Å². The van der Waals surface area contributed by atoms with Gasteiger partial charge >= 0.3 is 30.2 Å². The zero-order valence-electron chi connectivity index (χ0n) is 8.22. The molecule has 0 bridgehead atoms. The van der Waals surface area contributed by atoms with Gasteiger partial charge in [-0.2, -0.15) is 48.3 Å². The smallest absolute Gasteiger partial charge is 0.351 e. The molecule has 0 spiro atoms. The van der Waals surface area contributed by atoms with E-state index in [2.05, 4.69) is 4.74 Å². The highest BCUT2D eigenvalue weighted by atomic mass is 19.4. The summed E-state index contributed by atoms with van der Waals surface area (Å²) in [5, 5.41) is 8.14. The molecule has 0 aliphatic rings. The van der Waals surface area contributed by atoms with Crippen molar-refractivity contribution in [1.82, 2.24) is 0 Å². The molecule has 0 aromatic heterocycles. The van der Waals surface area contributed by atoms with Crippen molar-refractivity contribution in [1.29, 1.82) is 0 Å². The van der Waals surface area contributed by atoms with Crippen LogP contribution in [0.25, 0.3) is 0 Å². The monoisotopic (exact) mass is 316 g/mol. The Kier molecular flexibility index (Phi) is 4.40. The summed E-state index contributed by atoms with van der Waals surface area (Å²) < 4.78 is 132. The summed E-state index contributed by atoms with van der Waals surface area (Å²) in [6, 6.07) is 0. The van der Waals surface area contributed by atoms with E-state index in [4.69, 9.17) is 5.11 Å². The molecule has 0 aliphatic carbocycles. The summed E-state index contributed by atoms with van der Waals surface area (Å²) in [6.07, 6.45) is -19.8. The molecule has 0 heterocycles. The Hall–Kier alpha value is -0.850. The average Bonchev–Trinajstić information content (AvgIpc) is 2.08. The lowest BCUT2D eigenvalue weighted by Crippen LogP contribution is -2.60. The molecule has 0 rings (SSSR count). The van der Waals surface area contributed by atoms with E-state index < -0.39 is 36.8 Å². The van der Waals surface area contributed by atoms with Gasteiger partial charge in [-0.15, -0.1) is 0 Å². The van der Waals surface area contributed by atoms with Crippen molar-refractivity contribution in [2.75, 3.05) is 6.61 Å². The van der Waals surface area contributed by atoms with E-state index >= 15 is 0 Å². The summed E-state index contributed by atoms with van der Waals surface area (Å²) in [7, 11) is 0. The third-order valence-corrected chi connectivity index (χ3v) is 1.65. The van der Waals surface area contributed by atoms with Crippen LogP contribution in [0, 0.1) is 0 Å². The molecule has 0 aliphatic heterocycles. The fraction of sp³-hybridized carbons (Fsp3) is 1.00. The second-order valence-corrected chi connectivity index (χ2v) is 3.13. The molecule has 19 heavy (non-hydrogen) atoms. The summed E-state index contributed by atoms with van der Waals surface area (Å²) in [4.78, 5) is 0. The number of hydrogen-bond acceptors (Lipinski definition) is 2. The van der Waals surface area contributed by atoms with Gasteiger partial charge in [-0.1, -0.05) is 0 Å². The van der Waals surface area contributed by atoms with E-state index in [1.54, 1.807) is 0 Å². The lowest BCUT2D eigenvalue weighted by atomic mass is 10.2. The molecule has 0 aromatic rings. The Morgan fingerprint density at radius 1 is 0.632 bits per heavy atom. The summed E-state index contributed by atoms with van der Waals surface area (Å²) in [5.41, 5.74) is 0. The van der Waals surface area contributed by atoms with Crippen LogP contribution >= 0.6 is 0 Å². The lowest BCUT2D eigenvalue weighted by Gasteiger charge is -2.33. The van der Waals surface area contributed by atoms with Crippen molar-refractivity contribution in [3.05, 3.63) is 0 Å². The van der Waals surface area contributed by atoms with E-state index in [0.29, 0.717) is 0 Å². The highest BCUT2D eigenvalue weighted by molar-refractivity contribution is 4.87. The molecular weight excluding hydrogens is 313 g/mol. The van der Waals surface area contributed by atoms with Gasteiger partial charge in [-0.25, -0.2) is 0 Å². The van der Waals surface area contributed by atoms with Crippen molar-refractivity contribution < 1.29 is 58.1 Å². The van der Waals surface area contributed by atoms with Gasteiger partial charge in [0, 0.05) is 0 Å². The van der Waals surface area contributed by atoms with Gasteiger partial charge in [-0.05, 0) is 0 Å². The largest absolute Gasteiger partial charge is 0.455 e. The number of ether oxygens (including phenoxy) is 1. The summed E-state index contributed by atoms with van der Waals surface area (Å²) >= 11 is 0. The average molecular weight is 316 g/mol. The lowest BCUT2D eigenvalue weighted by molar-refractivity contribution is -0.467. The SMILES string of the molecule is OC(OCC(F)(F)C(F)(F)F)(C(F)(F)F)C(F)(F)F. The van der Waals surface area contributed by atoms with E-state index in [-0.39, 0.29) is 0 Å². The second-order valence-electron chi connectivity index (χ2n) is 3.13. The van der Waals surface area contributed by atoms with Crippen LogP contribution in [0.2, 0.25) is 0 Å². The van der Waals surface area contributed by atoms with Crippen molar-refractivity contribution in [2.45, 2.75) is 30.2 Å². The standard InChI is InChI=1S/C6H3F11O2/c7-2(8,4(9,10)11)1-19-3(18,5(12,13)14)6(15,16)17/h18H,1H2. The maximum atomic E-state index is 12.1. The van der Waals surface area contributed by atoms with E-state index in [9.17, 15) is 48.3 Å². The van der Waals surface area contributed by atoms with Gasteiger partial charge in [0.15, 0.2) is 0 Å². The predicted octanol–water partition coefficient (Wildman–Crippen LogP) is 3.01. The minimum atomic E-state index is -6.66. The summed E-state index contributed by atoms with van der Waals surface area (Å²) in [5.74, 6) is -12.1. The third kappa shape index (κ3) is 3.58. The zero-order valence-corrected chi connectivity index (χ0v) is 8.22. The Morgan fingerprint density at radius 2 is 0.947 bits per heavy atom. The van der Waals surface area contributed by atoms with E-state index in [1.807, 2.05) is 0 Å². The van der Waals surface area contributed by atoms with Crippen molar-refractivity contribution >= 4 is 0 Å². The maximum absolute atomic E-state index is 12.1. The van der Waals surface area contributed by atoms with Crippen LogP contribution in [-0.2, 0) is 4.74 Å². The number of aliphatic hydroxyl groups is 1. The van der Waals surface area contributed by atoms with Gasteiger partial charge in [0.25, 0.3) is 0 Å². The zero-order chi connectivity index (χ0) is 15.9. The first-order chi connectivity index (χ1) is 7.96. The molecule has 13 heteroatoms. The Balaban J connectivity index is 5.22. The summed E-state index contributed by atoms with van der Waals surface area (Å²) in [6.45, 7) is -3.36. The minimum Gasteiger partial charge on any atom is -0.351 e. The maximum Gasteiger partial charge on any atom is 0.455 e. The third-order valence-electron chi connectivity index (χ3n) is 1.65. The van der Waals surface area contributed by atoms with Crippen LogP contribution in [0.4, 0.5) is 48.3 Å². The highest BCUT2D eigenvalue weighted by Gasteiger charge is 2.74. The van der Waals surface area contributed by atoms with Gasteiger partial charge < -0.3 is 9.84 Å². The molecule has 0 amide bonds. The normalized spacial score (nSPS) is 15.8. The number of halogens is 11. The number of rotatable bonds is 3. The van der Waals surface area contributed by atoms with Gasteiger partial charge in [0.05, 0.1) is 0 Å². The fourth-order valence-electron chi connectivity index (χ4n) is 0.601. The Morgan fingerprint density at radius 3 is 1.16 bits per heavy atom. The van der Waals surface area contributed by atoms with E-state index in [0.717, 1.165) is 0 Å². The van der Waals surface area contributed by atoms with Crippen LogP contribution in [0.15, 0.2) is 0 Å². The Labute approximate surface area is 96.3 Å². The van der Waals surface area contributed by atoms with Gasteiger partial charge in [0.2, 0.25) is 0 Å². The van der Waals surface area contributed by atoms with Crippen LogP contribution in [0.5, 0.6) is 0 Å². The van der Waals surface area contributed by atoms with Crippen molar-refractivity contribution in [3.8, 4) is 0 Å². The molecule has 1 N–H and O–H groups in total. The molecule has 0 atom stereocenters. The highest BCUT2D eigenvalue weighted by Crippen LogP contribution is 2.45. The van der Waals surface area contributed by atoms with Crippen LogP contribution in [-0.4, -0.2) is 42.0 Å². The quantitative estimate of drug-likeness (QED) is 0.641. The Bertz CT molecular complexity index is 297. The molecule has 0 saturated carbocycles. The number of alkyl halides is 11. The number of hydrogen-bond donors (Lipinski definition) is 1. The van der Waals surface area contributed by atoms with Gasteiger partial charge in [0.1, 0.15) is 6.61 Å². The van der Waals surface area contributed by atoms with Crippen LogP contribution < -0.4 is 0 Å². The molecule has 0 fully saturated rings. The van der Waals surface area contributed by atoms with E-state index in [1.165, 1.54) is 0 Å². The predicted molar refractivity (Wildman–Crippen MR) is 34.0 cm³/mol.